The molecule has 2 aromatic carbocycles. The number of hydrogen-bond donors (Lipinski definition) is 5. The van der Waals surface area contributed by atoms with Gasteiger partial charge in [-0.3, -0.25) is 4.79 Å². The molecule has 6 heteroatoms. The van der Waals surface area contributed by atoms with E-state index >= 15 is 0 Å². The normalized spacial score (nSPS) is 14.5. The number of benzene rings is 2. The Balaban J connectivity index is 2.21. The van der Waals surface area contributed by atoms with Gasteiger partial charge in [0.2, 0.25) is 5.91 Å². The minimum atomic E-state index is -0.552. The molecular formula is C27H42N4O2. The largest absolute Gasteiger partial charge is 0.508 e. The molecular weight excluding hydrogens is 412 g/mol. The van der Waals surface area contributed by atoms with Gasteiger partial charge in [0, 0.05) is 32.1 Å². The maximum absolute atomic E-state index is 12.2. The molecule has 0 aliphatic carbocycles. The zero-order chi connectivity index (χ0) is 24.5. The first-order valence-electron chi connectivity index (χ1n) is 11.9. The first-order valence-corrected chi connectivity index (χ1v) is 11.9. The van der Waals surface area contributed by atoms with Gasteiger partial charge in [0.25, 0.3) is 0 Å². The van der Waals surface area contributed by atoms with Crippen molar-refractivity contribution in [3.05, 3.63) is 65.2 Å². The fourth-order valence-electron chi connectivity index (χ4n) is 4.01. The van der Waals surface area contributed by atoms with Crippen molar-refractivity contribution in [2.24, 2.45) is 11.5 Å². The molecule has 0 aromatic heterocycles. The van der Waals surface area contributed by atoms with Gasteiger partial charge < -0.3 is 27.2 Å². The maximum atomic E-state index is 12.2. The molecule has 0 saturated carbocycles. The number of carbonyl (C=O) groups excluding carboxylic acids is 1. The first-order chi connectivity index (χ1) is 15.6. The van der Waals surface area contributed by atoms with Crippen LogP contribution in [0.4, 0.5) is 0 Å². The van der Waals surface area contributed by atoms with Crippen molar-refractivity contribution in [3.63, 3.8) is 0 Å². The van der Waals surface area contributed by atoms with Gasteiger partial charge in [-0.05, 0) is 47.4 Å². The van der Waals surface area contributed by atoms with Crippen molar-refractivity contribution >= 4 is 5.91 Å². The third-order valence-electron chi connectivity index (χ3n) is 5.98. The summed E-state index contributed by atoms with van der Waals surface area (Å²) in [5, 5.41) is 17.0. The Morgan fingerprint density at radius 1 is 1.09 bits per heavy atom. The smallest absolute Gasteiger partial charge is 0.220 e. The first kappa shape index (κ1) is 26.8. The summed E-state index contributed by atoms with van der Waals surface area (Å²) in [5.74, 6) is 0.311. The monoisotopic (exact) mass is 454 g/mol. The zero-order valence-corrected chi connectivity index (χ0v) is 20.7. The lowest BCUT2D eigenvalue weighted by molar-refractivity contribution is -0.121. The van der Waals surface area contributed by atoms with Crippen molar-refractivity contribution < 1.29 is 9.90 Å². The van der Waals surface area contributed by atoms with Crippen LogP contribution in [-0.4, -0.2) is 42.2 Å². The molecule has 2 unspecified atom stereocenters. The standard InChI is InChI=1S/C27H42N4O2/c1-5-9-25(33)30-19-27(18-28,31-17-22(29)14-20-10-7-6-8-11-20)16-21-12-13-24(32)23(15-21)26(2,3)4/h6-8,10-13,15,22,31-32H,5,9,14,16-19,28-29H2,1-4H3,(H,30,33). The van der Waals surface area contributed by atoms with E-state index in [-0.39, 0.29) is 17.4 Å². The van der Waals surface area contributed by atoms with E-state index in [2.05, 4.69) is 43.5 Å². The lowest BCUT2D eigenvalue weighted by atomic mass is 9.83. The number of rotatable bonds is 12. The van der Waals surface area contributed by atoms with E-state index in [0.717, 1.165) is 24.0 Å². The second kappa shape index (κ2) is 12.2. The lowest BCUT2D eigenvalue weighted by Crippen LogP contribution is -2.61. The summed E-state index contributed by atoms with van der Waals surface area (Å²) in [4.78, 5) is 12.2. The molecule has 0 aliphatic rings. The topological polar surface area (TPSA) is 113 Å². The predicted molar refractivity (Wildman–Crippen MR) is 136 cm³/mol. The van der Waals surface area contributed by atoms with E-state index < -0.39 is 5.54 Å². The van der Waals surface area contributed by atoms with Gasteiger partial charge in [-0.25, -0.2) is 0 Å². The molecule has 2 rings (SSSR count). The molecule has 0 aliphatic heterocycles. The maximum Gasteiger partial charge on any atom is 0.220 e. The Morgan fingerprint density at radius 3 is 2.39 bits per heavy atom. The van der Waals surface area contributed by atoms with Gasteiger partial charge in [0.05, 0.1) is 5.54 Å². The SMILES string of the molecule is CCCC(=O)NCC(CN)(Cc1ccc(O)c(C(C)(C)C)c1)NCC(N)Cc1ccccc1. The summed E-state index contributed by atoms with van der Waals surface area (Å²) in [7, 11) is 0. The van der Waals surface area contributed by atoms with Crippen LogP contribution in [0.3, 0.4) is 0 Å². The Labute approximate surface area is 199 Å². The molecule has 2 atom stereocenters. The Morgan fingerprint density at radius 2 is 1.79 bits per heavy atom. The van der Waals surface area contributed by atoms with Crippen molar-refractivity contribution in [1.82, 2.24) is 10.6 Å². The quantitative estimate of drug-likeness (QED) is 0.338. The Kier molecular flexibility index (Phi) is 9.89. The fraction of sp³-hybridized carbons (Fsp3) is 0.519. The zero-order valence-electron chi connectivity index (χ0n) is 20.7. The average Bonchev–Trinajstić information content (AvgIpc) is 2.77. The highest BCUT2D eigenvalue weighted by atomic mass is 16.3. The molecule has 0 spiro atoms. The second-order valence-corrected chi connectivity index (χ2v) is 10.1. The van der Waals surface area contributed by atoms with Crippen LogP contribution in [0.15, 0.2) is 48.5 Å². The minimum Gasteiger partial charge on any atom is -0.508 e. The molecule has 0 bridgehead atoms. The van der Waals surface area contributed by atoms with E-state index in [9.17, 15) is 9.90 Å². The summed E-state index contributed by atoms with van der Waals surface area (Å²) < 4.78 is 0. The molecule has 0 fully saturated rings. The van der Waals surface area contributed by atoms with Crippen LogP contribution in [-0.2, 0) is 23.1 Å². The van der Waals surface area contributed by atoms with E-state index in [1.165, 1.54) is 5.56 Å². The molecule has 0 heterocycles. The van der Waals surface area contributed by atoms with Gasteiger partial charge in [0.1, 0.15) is 5.75 Å². The summed E-state index contributed by atoms with van der Waals surface area (Å²) >= 11 is 0. The number of aromatic hydroxyl groups is 1. The summed E-state index contributed by atoms with van der Waals surface area (Å²) in [6.45, 7) is 9.53. The highest BCUT2D eigenvalue weighted by molar-refractivity contribution is 5.75. The van der Waals surface area contributed by atoms with Crippen LogP contribution in [0.25, 0.3) is 0 Å². The highest BCUT2D eigenvalue weighted by Gasteiger charge is 2.30. The van der Waals surface area contributed by atoms with Gasteiger partial charge in [-0.15, -0.1) is 0 Å². The van der Waals surface area contributed by atoms with Crippen LogP contribution >= 0.6 is 0 Å². The van der Waals surface area contributed by atoms with Crippen LogP contribution < -0.4 is 22.1 Å². The predicted octanol–water partition coefficient (Wildman–Crippen LogP) is 3.01. The highest BCUT2D eigenvalue weighted by Crippen LogP contribution is 2.32. The van der Waals surface area contributed by atoms with Crippen LogP contribution in [0.5, 0.6) is 5.75 Å². The van der Waals surface area contributed by atoms with Gasteiger partial charge in [-0.2, -0.15) is 0 Å². The summed E-state index contributed by atoms with van der Waals surface area (Å²) in [6.07, 6.45) is 2.65. The Bertz CT molecular complexity index is 879. The van der Waals surface area contributed by atoms with Crippen LogP contribution in [0.2, 0.25) is 0 Å². The molecule has 0 saturated heterocycles. The van der Waals surface area contributed by atoms with Gasteiger partial charge in [0.15, 0.2) is 0 Å². The second-order valence-electron chi connectivity index (χ2n) is 10.1. The fourth-order valence-corrected chi connectivity index (χ4v) is 4.01. The van der Waals surface area contributed by atoms with Crippen molar-refractivity contribution in [1.29, 1.82) is 0 Å². The Hall–Kier alpha value is -2.41. The molecule has 33 heavy (non-hydrogen) atoms. The molecule has 7 N–H and O–H groups in total. The number of amides is 1. The van der Waals surface area contributed by atoms with Gasteiger partial charge >= 0.3 is 0 Å². The van der Waals surface area contributed by atoms with Gasteiger partial charge in [-0.1, -0.05) is 70.2 Å². The van der Waals surface area contributed by atoms with Crippen molar-refractivity contribution in [2.45, 2.75) is 70.4 Å². The molecule has 2 aromatic rings. The third kappa shape index (κ3) is 8.46. The minimum absolute atomic E-state index is 0.0202. The molecule has 182 valence electrons. The van der Waals surface area contributed by atoms with Crippen molar-refractivity contribution in [2.75, 3.05) is 19.6 Å². The molecule has 6 nitrogen and oxygen atoms in total. The number of nitrogens with two attached hydrogens (primary N) is 2. The lowest BCUT2D eigenvalue weighted by Gasteiger charge is -2.36. The van der Waals surface area contributed by atoms with Crippen molar-refractivity contribution in [3.8, 4) is 5.75 Å². The van der Waals surface area contributed by atoms with E-state index in [0.29, 0.717) is 38.2 Å². The average molecular weight is 455 g/mol. The number of hydrogen-bond acceptors (Lipinski definition) is 5. The number of phenols is 1. The van der Waals surface area contributed by atoms with E-state index in [1.54, 1.807) is 6.07 Å². The molecule has 1 amide bonds. The van der Waals surface area contributed by atoms with Crippen LogP contribution in [0.1, 0.15) is 57.2 Å². The molecule has 0 radical (unpaired) electrons. The van der Waals surface area contributed by atoms with Crippen LogP contribution in [0, 0.1) is 0 Å². The number of phenolic OH excluding ortho intramolecular Hbond substituents is 1. The summed E-state index contributed by atoms with van der Waals surface area (Å²) in [5.41, 5.74) is 15.1. The van der Waals surface area contributed by atoms with E-state index in [1.807, 2.05) is 37.3 Å². The third-order valence-corrected chi connectivity index (χ3v) is 5.98. The number of carbonyl (C=O) groups is 1. The summed E-state index contributed by atoms with van der Waals surface area (Å²) in [6, 6.07) is 15.8. The van der Waals surface area contributed by atoms with E-state index in [4.69, 9.17) is 11.5 Å². The number of nitrogens with one attached hydrogen (secondary N) is 2.